The van der Waals surface area contributed by atoms with Crippen LogP contribution < -0.4 is 14.8 Å². The summed E-state index contributed by atoms with van der Waals surface area (Å²) in [7, 11) is 3.33. The summed E-state index contributed by atoms with van der Waals surface area (Å²) in [4.78, 5) is 0. The molecule has 2 aromatic rings. The third-order valence-electron chi connectivity index (χ3n) is 4.16. The van der Waals surface area contributed by atoms with Crippen LogP contribution in [0, 0.1) is 0 Å². The average molecular weight is 283 g/mol. The Hall–Kier alpha value is -2.00. The number of ether oxygens (including phenoxy) is 2. The van der Waals surface area contributed by atoms with Crippen LogP contribution in [0.1, 0.15) is 24.0 Å². The minimum absolute atomic E-state index is 0.161. The summed E-state index contributed by atoms with van der Waals surface area (Å²) in [6.45, 7) is 0.829. The molecule has 3 rings (SSSR count). The van der Waals surface area contributed by atoms with Crippen LogP contribution in [0.3, 0.4) is 0 Å². The fourth-order valence-electron chi connectivity index (χ4n) is 2.71. The van der Waals surface area contributed by atoms with E-state index in [0.717, 1.165) is 18.0 Å². The first-order valence-electron chi connectivity index (χ1n) is 7.29. The number of methoxy groups -OCH3 is 2. The Morgan fingerprint density at radius 1 is 0.952 bits per heavy atom. The Kier molecular flexibility index (Phi) is 3.84. The zero-order chi connectivity index (χ0) is 14.7. The maximum atomic E-state index is 5.36. The lowest BCUT2D eigenvalue weighted by atomic mass is 10.0. The predicted molar refractivity (Wildman–Crippen MR) is 83.7 cm³/mol. The molecule has 3 nitrogen and oxygen atoms in total. The summed E-state index contributed by atoms with van der Waals surface area (Å²) in [6, 6.07) is 16.7. The molecule has 3 heteroatoms. The quantitative estimate of drug-likeness (QED) is 0.880. The third kappa shape index (κ3) is 2.88. The Morgan fingerprint density at radius 2 is 1.67 bits per heavy atom. The summed E-state index contributed by atoms with van der Waals surface area (Å²) in [6.07, 6.45) is 2.40. The van der Waals surface area contributed by atoms with Crippen LogP contribution in [-0.4, -0.2) is 14.2 Å². The smallest absolute Gasteiger partial charge is 0.161 e. The van der Waals surface area contributed by atoms with Crippen LogP contribution in [0.25, 0.3) is 0 Å². The van der Waals surface area contributed by atoms with E-state index in [1.165, 1.54) is 24.0 Å². The normalized spacial score (nSPS) is 15.5. The van der Waals surface area contributed by atoms with Gasteiger partial charge in [-0.25, -0.2) is 0 Å². The first-order chi connectivity index (χ1) is 10.3. The zero-order valence-corrected chi connectivity index (χ0v) is 12.6. The molecule has 1 aliphatic carbocycles. The van der Waals surface area contributed by atoms with Gasteiger partial charge in [0.2, 0.25) is 0 Å². The van der Waals surface area contributed by atoms with Crippen LogP contribution in [0.4, 0.5) is 0 Å². The van der Waals surface area contributed by atoms with Gasteiger partial charge in [0.15, 0.2) is 11.5 Å². The molecular weight excluding hydrogens is 262 g/mol. The lowest BCUT2D eigenvalue weighted by molar-refractivity contribution is 0.354. The molecule has 0 radical (unpaired) electrons. The van der Waals surface area contributed by atoms with E-state index in [4.69, 9.17) is 9.47 Å². The van der Waals surface area contributed by atoms with E-state index in [0.29, 0.717) is 0 Å². The number of rotatable bonds is 6. The minimum atomic E-state index is 0.161. The van der Waals surface area contributed by atoms with Gasteiger partial charge in [0.25, 0.3) is 0 Å². The Bertz CT molecular complexity index is 606. The van der Waals surface area contributed by atoms with Crippen LogP contribution in [0.5, 0.6) is 11.5 Å². The highest BCUT2D eigenvalue weighted by Gasteiger charge is 2.43. The number of hydrogen-bond acceptors (Lipinski definition) is 3. The van der Waals surface area contributed by atoms with Gasteiger partial charge in [0.1, 0.15) is 0 Å². The molecule has 0 unspecified atom stereocenters. The molecule has 0 bridgehead atoms. The summed E-state index contributed by atoms with van der Waals surface area (Å²) in [5.74, 6) is 1.55. The Morgan fingerprint density at radius 3 is 2.29 bits per heavy atom. The second-order valence-corrected chi connectivity index (χ2v) is 5.49. The fraction of sp³-hybridized carbons (Fsp3) is 0.333. The molecule has 1 fully saturated rings. The van der Waals surface area contributed by atoms with Gasteiger partial charge in [-0.05, 0) is 36.1 Å². The van der Waals surface area contributed by atoms with Crippen molar-refractivity contribution >= 4 is 0 Å². The number of benzene rings is 2. The van der Waals surface area contributed by atoms with Crippen molar-refractivity contribution in [3.63, 3.8) is 0 Å². The van der Waals surface area contributed by atoms with Crippen molar-refractivity contribution in [3.05, 3.63) is 59.7 Å². The molecular formula is C18H21NO2. The topological polar surface area (TPSA) is 30.5 Å². The molecule has 0 heterocycles. The van der Waals surface area contributed by atoms with Crippen molar-refractivity contribution in [2.24, 2.45) is 0 Å². The molecule has 0 aliphatic heterocycles. The number of hydrogen-bond donors (Lipinski definition) is 1. The first-order valence-corrected chi connectivity index (χ1v) is 7.29. The lowest BCUT2D eigenvalue weighted by Gasteiger charge is -2.18. The molecule has 1 N–H and O–H groups in total. The SMILES string of the molecule is COc1ccc(CNC2(c3ccccc3)CC2)cc1OC. The summed E-state index contributed by atoms with van der Waals surface area (Å²) in [5, 5.41) is 3.70. The second kappa shape index (κ2) is 5.78. The van der Waals surface area contributed by atoms with E-state index in [9.17, 15) is 0 Å². The highest BCUT2D eigenvalue weighted by atomic mass is 16.5. The highest BCUT2D eigenvalue weighted by molar-refractivity contribution is 5.43. The van der Waals surface area contributed by atoms with Crippen molar-refractivity contribution in [1.29, 1.82) is 0 Å². The van der Waals surface area contributed by atoms with Gasteiger partial charge in [0.05, 0.1) is 14.2 Å². The van der Waals surface area contributed by atoms with Gasteiger partial charge in [-0.3, -0.25) is 0 Å². The Labute approximate surface area is 125 Å². The van der Waals surface area contributed by atoms with Crippen molar-refractivity contribution in [2.75, 3.05) is 14.2 Å². The zero-order valence-electron chi connectivity index (χ0n) is 12.6. The van der Waals surface area contributed by atoms with Gasteiger partial charge in [-0.2, -0.15) is 0 Å². The third-order valence-corrected chi connectivity index (χ3v) is 4.16. The van der Waals surface area contributed by atoms with E-state index < -0.39 is 0 Å². The van der Waals surface area contributed by atoms with Crippen LogP contribution in [0.2, 0.25) is 0 Å². The second-order valence-electron chi connectivity index (χ2n) is 5.49. The highest BCUT2D eigenvalue weighted by Crippen LogP contribution is 2.45. The van der Waals surface area contributed by atoms with E-state index >= 15 is 0 Å². The molecule has 0 amide bonds. The van der Waals surface area contributed by atoms with Gasteiger partial charge < -0.3 is 14.8 Å². The van der Waals surface area contributed by atoms with Crippen molar-refractivity contribution in [1.82, 2.24) is 5.32 Å². The van der Waals surface area contributed by atoms with E-state index in [-0.39, 0.29) is 5.54 Å². The summed E-state index contributed by atoms with van der Waals surface area (Å²) >= 11 is 0. The molecule has 0 saturated heterocycles. The summed E-state index contributed by atoms with van der Waals surface area (Å²) in [5.41, 5.74) is 2.74. The maximum absolute atomic E-state index is 5.36. The molecule has 0 spiro atoms. The van der Waals surface area contributed by atoms with Gasteiger partial charge >= 0.3 is 0 Å². The average Bonchev–Trinajstić information content (AvgIpc) is 3.34. The van der Waals surface area contributed by atoms with E-state index in [2.05, 4.69) is 41.7 Å². The first kappa shape index (κ1) is 14.0. The minimum Gasteiger partial charge on any atom is -0.493 e. The van der Waals surface area contributed by atoms with Gasteiger partial charge in [-0.1, -0.05) is 36.4 Å². The molecule has 0 aromatic heterocycles. The van der Waals surface area contributed by atoms with Gasteiger partial charge in [0, 0.05) is 12.1 Å². The van der Waals surface area contributed by atoms with E-state index in [1.54, 1.807) is 14.2 Å². The van der Waals surface area contributed by atoms with Crippen LogP contribution in [-0.2, 0) is 12.1 Å². The largest absolute Gasteiger partial charge is 0.493 e. The Balaban J connectivity index is 1.71. The maximum Gasteiger partial charge on any atom is 0.161 e. The predicted octanol–water partition coefficient (Wildman–Crippen LogP) is 3.48. The van der Waals surface area contributed by atoms with Crippen molar-refractivity contribution in [2.45, 2.75) is 24.9 Å². The molecule has 0 atom stereocenters. The van der Waals surface area contributed by atoms with Crippen LogP contribution >= 0.6 is 0 Å². The fourth-order valence-corrected chi connectivity index (χ4v) is 2.71. The summed E-state index contributed by atoms with van der Waals surface area (Å²) < 4.78 is 10.6. The van der Waals surface area contributed by atoms with E-state index in [1.807, 2.05) is 12.1 Å². The molecule has 2 aromatic carbocycles. The van der Waals surface area contributed by atoms with Crippen molar-refractivity contribution < 1.29 is 9.47 Å². The standard InChI is InChI=1S/C18H21NO2/c1-20-16-9-8-14(12-17(16)21-2)13-19-18(10-11-18)15-6-4-3-5-7-15/h3-9,12,19H,10-11,13H2,1-2H3. The lowest BCUT2D eigenvalue weighted by Crippen LogP contribution is -2.28. The molecule has 1 saturated carbocycles. The molecule has 21 heavy (non-hydrogen) atoms. The van der Waals surface area contributed by atoms with Crippen LogP contribution in [0.15, 0.2) is 48.5 Å². The number of nitrogens with one attached hydrogen (secondary N) is 1. The van der Waals surface area contributed by atoms with Gasteiger partial charge in [-0.15, -0.1) is 0 Å². The monoisotopic (exact) mass is 283 g/mol. The van der Waals surface area contributed by atoms with Crippen molar-refractivity contribution in [3.8, 4) is 11.5 Å². The molecule has 1 aliphatic rings. The molecule has 110 valence electrons.